The first-order valence-electron chi connectivity index (χ1n) is 6.60. The molecule has 0 atom stereocenters. The van der Waals surface area contributed by atoms with Gasteiger partial charge in [-0.05, 0) is 18.6 Å². The van der Waals surface area contributed by atoms with Crippen LogP contribution in [0.2, 0.25) is 10.0 Å². The first kappa shape index (κ1) is 15.8. The van der Waals surface area contributed by atoms with Crippen LogP contribution in [0, 0.1) is 0 Å². The minimum absolute atomic E-state index is 0.481. The number of unbranched alkanes of at least 4 members (excludes halogenated alkanes) is 1. The minimum atomic E-state index is 0.481. The molecular weight excluding hydrogens is 311 g/mol. The van der Waals surface area contributed by atoms with Gasteiger partial charge in [-0.15, -0.1) is 0 Å². The fourth-order valence-corrected chi connectivity index (χ4v) is 1.88. The van der Waals surface area contributed by atoms with Gasteiger partial charge < -0.3 is 0 Å². The van der Waals surface area contributed by atoms with Crippen LogP contribution >= 0.6 is 23.2 Å². The number of aromatic nitrogens is 3. The summed E-state index contributed by atoms with van der Waals surface area (Å²) in [6.45, 7) is 2.72. The predicted molar refractivity (Wildman–Crippen MR) is 84.6 cm³/mol. The van der Waals surface area contributed by atoms with Crippen LogP contribution in [0.5, 0.6) is 0 Å². The second-order valence-corrected chi connectivity index (χ2v) is 5.17. The van der Waals surface area contributed by atoms with Crippen LogP contribution in [-0.4, -0.2) is 21.4 Å². The standard InChI is InChI=1S/C14H16Cl2N4O/c1-2-3-6-21-19-14(8-20-10-17-9-18-20)11-4-5-12(15)13(16)7-11/h4-5,7-10,19H,2-3,6H2,1H3. The molecule has 0 spiro atoms. The third-order valence-electron chi connectivity index (χ3n) is 2.71. The molecular formula is C14H16Cl2N4O. The average Bonchev–Trinajstić information content (AvgIpc) is 2.98. The molecule has 0 amide bonds. The van der Waals surface area contributed by atoms with Crippen molar-refractivity contribution in [2.75, 3.05) is 6.61 Å². The lowest BCUT2D eigenvalue weighted by molar-refractivity contribution is 0.0763. The van der Waals surface area contributed by atoms with E-state index in [1.165, 1.54) is 6.33 Å². The lowest BCUT2D eigenvalue weighted by Crippen LogP contribution is -2.15. The maximum Gasteiger partial charge on any atom is 0.138 e. The van der Waals surface area contributed by atoms with Crippen LogP contribution in [0.4, 0.5) is 0 Å². The molecule has 0 aliphatic heterocycles. The number of benzene rings is 1. The Morgan fingerprint density at radius 2 is 2.24 bits per heavy atom. The summed E-state index contributed by atoms with van der Waals surface area (Å²) in [5, 5.41) is 5.03. The molecule has 0 bridgehead atoms. The Balaban J connectivity index is 2.20. The van der Waals surface area contributed by atoms with Gasteiger partial charge in [-0.1, -0.05) is 42.6 Å². The number of hydroxylamine groups is 1. The Morgan fingerprint density at radius 1 is 1.38 bits per heavy atom. The summed E-state index contributed by atoms with van der Waals surface area (Å²) >= 11 is 12.0. The molecule has 0 radical (unpaired) electrons. The van der Waals surface area contributed by atoms with Crippen molar-refractivity contribution < 1.29 is 4.84 Å². The largest absolute Gasteiger partial charge is 0.276 e. The molecule has 2 aromatic rings. The van der Waals surface area contributed by atoms with Gasteiger partial charge in [0.05, 0.1) is 28.5 Å². The molecule has 112 valence electrons. The molecule has 0 saturated carbocycles. The van der Waals surface area contributed by atoms with Crippen molar-refractivity contribution in [3.05, 3.63) is 46.5 Å². The lowest BCUT2D eigenvalue weighted by atomic mass is 10.2. The van der Waals surface area contributed by atoms with E-state index >= 15 is 0 Å². The first-order chi connectivity index (χ1) is 10.2. The second kappa shape index (κ2) is 8.02. The third-order valence-corrected chi connectivity index (χ3v) is 3.45. The Bertz CT molecular complexity index is 599. The summed E-state index contributed by atoms with van der Waals surface area (Å²) < 4.78 is 1.58. The summed E-state index contributed by atoms with van der Waals surface area (Å²) in [5.74, 6) is 0. The van der Waals surface area contributed by atoms with Gasteiger partial charge in [-0.25, -0.2) is 9.67 Å². The van der Waals surface area contributed by atoms with E-state index < -0.39 is 0 Å². The van der Waals surface area contributed by atoms with Crippen LogP contribution in [0.15, 0.2) is 30.9 Å². The number of hydrogen-bond donors (Lipinski definition) is 1. The summed E-state index contributed by atoms with van der Waals surface area (Å²) in [4.78, 5) is 9.36. The molecule has 2 rings (SSSR count). The van der Waals surface area contributed by atoms with Gasteiger partial charge in [0.2, 0.25) is 0 Å². The van der Waals surface area contributed by atoms with E-state index in [-0.39, 0.29) is 0 Å². The van der Waals surface area contributed by atoms with Crippen LogP contribution in [-0.2, 0) is 4.84 Å². The number of rotatable bonds is 7. The van der Waals surface area contributed by atoms with Gasteiger partial charge in [-0.2, -0.15) is 5.10 Å². The SMILES string of the molecule is CCCCONC(=Cn1cncn1)c1ccc(Cl)c(Cl)c1. The van der Waals surface area contributed by atoms with E-state index in [0.717, 1.165) is 24.1 Å². The molecule has 0 aliphatic rings. The quantitative estimate of drug-likeness (QED) is 0.620. The smallest absolute Gasteiger partial charge is 0.138 e. The zero-order valence-corrected chi connectivity index (χ0v) is 13.1. The van der Waals surface area contributed by atoms with Crippen molar-refractivity contribution in [2.24, 2.45) is 0 Å². The zero-order valence-electron chi connectivity index (χ0n) is 11.6. The highest BCUT2D eigenvalue weighted by molar-refractivity contribution is 6.42. The Kier molecular flexibility index (Phi) is 6.04. The maximum absolute atomic E-state index is 6.06. The van der Waals surface area contributed by atoms with E-state index in [2.05, 4.69) is 22.5 Å². The Hall–Kier alpha value is -1.56. The van der Waals surface area contributed by atoms with E-state index in [1.54, 1.807) is 29.3 Å². The van der Waals surface area contributed by atoms with Gasteiger partial charge in [0.25, 0.3) is 0 Å². The van der Waals surface area contributed by atoms with Crippen LogP contribution in [0.3, 0.4) is 0 Å². The second-order valence-electron chi connectivity index (χ2n) is 4.35. The van der Waals surface area contributed by atoms with Crippen molar-refractivity contribution in [1.82, 2.24) is 20.2 Å². The number of hydrogen-bond acceptors (Lipinski definition) is 4. The molecule has 7 heteroatoms. The van der Waals surface area contributed by atoms with E-state index in [9.17, 15) is 0 Å². The van der Waals surface area contributed by atoms with Crippen molar-refractivity contribution >= 4 is 35.1 Å². The van der Waals surface area contributed by atoms with Crippen LogP contribution < -0.4 is 5.48 Å². The zero-order chi connectivity index (χ0) is 15.1. The molecule has 5 nitrogen and oxygen atoms in total. The minimum Gasteiger partial charge on any atom is -0.276 e. The molecule has 0 saturated heterocycles. The maximum atomic E-state index is 6.06. The number of nitrogens with one attached hydrogen (secondary N) is 1. The number of halogens is 2. The highest BCUT2D eigenvalue weighted by atomic mass is 35.5. The first-order valence-corrected chi connectivity index (χ1v) is 7.35. The third kappa shape index (κ3) is 4.74. The van der Waals surface area contributed by atoms with Gasteiger partial charge in [0.15, 0.2) is 0 Å². The van der Waals surface area contributed by atoms with Crippen molar-refractivity contribution in [2.45, 2.75) is 19.8 Å². The highest BCUT2D eigenvalue weighted by Gasteiger charge is 2.06. The summed E-state index contributed by atoms with van der Waals surface area (Å²) in [6, 6.07) is 5.36. The topological polar surface area (TPSA) is 52.0 Å². The average molecular weight is 327 g/mol. The molecule has 21 heavy (non-hydrogen) atoms. The van der Waals surface area contributed by atoms with Gasteiger partial charge in [0, 0.05) is 5.56 Å². The van der Waals surface area contributed by atoms with E-state index in [0.29, 0.717) is 16.7 Å². The van der Waals surface area contributed by atoms with Crippen LogP contribution in [0.25, 0.3) is 11.9 Å². The molecule has 0 aliphatic carbocycles. The fourth-order valence-electron chi connectivity index (χ4n) is 1.59. The normalized spacial score (nSPS) is 11.7. The van der Waals surface area contributed by atoms with Gasteiger partial charge >= 0.3 is 0 Å². The van der Waals surface area contributed by atoms with Gasteiger partial charge in [-0.3, -0.25) is 10.3 Å². The molecule has 1 aromatic carbocycles. The molecule has 0 unspecified atom stereocenters. The summed E-state index contributed by atoms with van der Waals surface area (Å²) in [5.41, 5.74) is 4.49. The predicted octanol–water partition coefficient (Wildman–Crippen LogP) is 3.86. The van der Waals surface area contributed by atoms with Crippen molar-refractivity contribution in [3.8, 4) is 0 Å². The van der Waals surface area contributed by atoms with E-state index in [1.807, 2.05) is 6.07 Å². The monoisotopic (exact) mass is 326 g/mol. The lowest BCUT2D eigenvalue weighted by Gasteiger charge is -2.12. The van der Waals surface area contributed by atoms with Crippen molar-refractivity contribution in [1.29, 1.82) is 0 Å². The summed E-state index contributed by atoms with van der Waals surface area (Å²) in [6.07, 6.45) is 6.85. The fraction of sp³-hybridized carbons (Fsp3) is 0.286. The summed E-state index contributed by atoms with van der Waals surface area (Å²) in [7, 11) is 0. The van der Waals surface area contributed by atoms with Crippen molar-refractivity contribution in [3.63, 3.8) is 0 Å². The number of nitrogens with zero attached hydrogens (tertiary/aromatic N) is 3. The highest BCUT2D eigenvalue weighted by Crippen LogP contribution is 2.25. The van der Waals surface area contributed by atoms with Gasteiger partial charge in [0.1, 0.15) is 12.7 Å². The molecule has 1 heterocycles. The Labute approximate surface area is 133 Å². The Morgan fingerprint density at radius 3 is 2.90 bits per heavy atom. The van der Waals surface area contributed by atoms with Crippen LogP contribution in [0.1, 0.15) is 25.3 Å². The molecule has 1 N–H and O–H groups in total. The molecule has 0 fully saturated rings. The molecule has 1 aromatic heterocycles. The van der Waals surface area contributed by atoms with E-state index in [4.69, 9.17) is 28.0 Å².